The van der Waals surface area contributed by atoms with Gasteiger partial charge in [0.2, 0.25) is 0 Å². The van der Waals surface area contributed by atoms with Gasteiger partial charge in [0, 0.05) is 11.1 Å². The monoisotopic (exact) mass is 291 g/mol. The van der Waals surface area contributed by atoms with Crippen molar-refractivity contribution < 1.29 is 0 Å². The molecule has 0 radical (unpaired) electrons. The SMILES string of the molecule is CC(C)c1ccc2ccccc2n1.CC(C)c1ccccc1. The molecule has 0 saturated carbocycles. The highest BCUT2D eigenvalue weighted by atomic mass is 14.7. The van der Waals surface area contributed by atoms with E-state index in [0.717, 1.165) is 5.52 Å². The van der Waals surface area contributed by atoms with Crippen LogP contribution in [-0.2, 0) is 0 Å². The lowest BCUT2D eigenvalue weighted by Gasteiger charge is -2.04. The molecule has 3 rings (SSSR count). The Balaban J connectivity index is 0.000000172. The van der Waals surface area contributed by atoms with Gasteiger partial charge >= 0.3 is 0 Å². The summed E-state index contributed by atoms with van der Waals surface area (Å²) in [5, 5.41) is 1.21. The van der Waals surface area contributed by atoms with Crippen molar-refractivity contribution in [2.75, 3.05) is 0 Å². The zero-order valence-corrected chi connectivity index (χ0v) is 14.0. The fourth-order valence-electron chi connectivity index (χ4n) is 2.24. The average Bonchev–Trinajstić information content (AvgIpc) is 2.55. The normalized spacial score (nSPS) is 10.6. The Hall–Kier alpha value is -2.15. The maximum atomic E-state index is 4.57. The third kappa shape index (κ3) is 4.42. The Kier molecular flexibility index (Phi) is 5.71. The summed E-state index contributed by atoms with van der Waals surface area (Å²) in [6, 6.07) is 23.0. The van der Waals surface area contributed by atoms with Crippen LogP contribution < -0.4 is 0 Å². The Morgan fingerprint density at radius 1 is 0.636 bits per heavy atom. The fourth-order valence-corrected chi connectivity index (χ4v) is 2.24. The number of rotatable bonds is 2. The van der Waals surface area contributed by atoms with E-state index in [4.69, 9.17) is 0 Å². The minimum atomic E-state index is 0.504. The second-order valence-electron chi connectivity index (χ2n) is 6.15. The molecular weight excluding hydrogens is 266 g/mol. The van der Waals surface area contributed by atoms with Crippen LogP contribution in [0.2, 0.25) is 0 Å². The summed E-state index contributed by atoms with van der Waals surface area (Å²) in [5.74, 6) is 1.16. The number of hydrogen-bond acceptors (Lipinski definition) is 1. The number of aromatic nitrogens is 1. The van der Waals surface area contributed by atoms with Crippen LogP contribution in [0.15, 0.2) is 66.7 Å². The second kappa shape index (κ2) is 7.74. The van der Waals surface area contributed by atoms with E-state index in [-0.39, 0.29) is 0 Å². The zero-order valence-electron chi connectivity index (χ0n) is 14.0. The van der Waals surface area contributed by atoms with Crippen molar-refractivity contribution in [1.82, 2.24) is 4.98 Å². The Morgan fingerprint density at radius 3 is 1.86 bits per heavy atom. The predicted molar refractivity (Wildman–Crippen MR) is 96.4 cm³/mol. The molecule has 22 heavy (non-hydrogen) atoms. The van der Waals surface area contributed by atoms with Gasteiger partial charge in [-0.2, -0.15) is 0 Å². The molecule has 0 atom stereocenters. The average molecular weight is 291 g/mol. The van der Waals surface area contributed by atoms with Crippen molar-refractivity contribution in [3.8, 4) is 0 Å². The number of benzene rings is 2. The third-order valence-electron chi connectivity index (χ3n) is 3.68. The fraction of sp³-hybridized carbons (Fsp3) is 0.286. The molecular formula is C21H25N. The van der Waals surface area contributed by atoms with Crippen LogP contribution >= 0.6 is 0 Å². The second-order valence-corrected chi connectivity index (χ2v) is 6.15. The van der Waals surface area contributed by atoms with E-state index in [1.165, 1.54) is 16.6 Å². The molecule has 0 spiro atoms. The Labute approximate surface area is 134 Å². The highest BCUT2D eigenvalue weighted by molar-refractivity contribution is 5.78. The molecule has 1 heterocycles. The first-order valence-electron chi connectivity index (χ1n) is 7.98. The molecule has 2 aromatic carbocycles. The lowest BCUT2D eigenvalue weighted by molar-refractivity contribution is 0.830. The number of fused-ring (bicyclic) bond motifs is 1. The molecule has 0 aliphatic heterocycles. The van der Waals surface area contributed by atoms with Crippen LogP contribution in [0.4, 0.5) is 0 Å². The first-order valence-corrected chi connectivity index (χ1v) is 7.98. The van der Waals surface area contributed by atoms with Gasteiger partial charge in [-0.3, -0.25) is 4.98 Å². The maximum absolute atomic E-state index is 4.57. The van der Waals surface area contributed by atoms with E-state index in [0.29, 0.717) is 11.8 Å². The van der Waals surface area contributed by atoms with Gasteiger partial charge in [-0.25, -0.2) is 0 Å². The smallest absolute Gasteiger partial charge is 0.0705 e. The van der Waals surface area contributed by atoms with Gasteiger partial charge in [-0.05, 0) is 29.5 Å². The van der Waals surface area contributed by atoms with E-state index >= 15 is 0 Å². The molecule has 0 bridgehead atoms. The van der Waals surface area contributed by atoms with E-state index in [1.54, 1.807) is 0 Å². The standard InChI is InChI=1S/C12H13N.C9H12/c1-9(2)11-8-7-10-5-3-4-6-12(10)13-11;1-8(2)9-6-4-3-5-7-9/h3-9H,1-2H3;3-8H,1-2H3. The van der Waals surface area contributed by atoms with E-state index in [2.05, 4.69) is 81.2 Å². The van der Waals surface area contributed by atoms with Crippen molar-refractivity contribution in [3.05, 3.63) is 78.0 Å². The van der Waals surface area contributed by atoms with Crippen molar-refractivity contribution >= 4 is 10.9 Å². The van der Waals surface area contributed by atoms with E-state index in [9.17, 15) is 0 Å². The molecule has 0 fully saturated rings. The number of para-hydroxylation sites is 1. The van der Waals surface area contributed by atoms with Gasteiger partial charge in [-0.15, -0.1) is 0 Å². The highest BCUT2D eigenvalue weighted by Gasteiger charge is 2.00. The summed E-state index contributed by atoms with van der Waals surface area (Å²) < 4.78 is 0. The van der Waals surface area contributed by atoms with Crippen LogP contribution in [0.5, 0.6) is 0 Å². The summed E-state index contributed by atoms with van der Waals surface area (Å²) in [6.45, 7) is 8.74. The Bertz CT molecular complexity index is 699. The van der Waals surface area contributed by atoms with Gasteiger partial charge < -0.3 is 0 Å². The van der Waals surface area contributed by atoms with Crippen LogP contribution in [0.25, 0.3) is 10.9 Å². The topological polar surface area (TPSA) is 12.9 Å². The van der Waals surface area contributed by atoms with Crippen LogP contribution in [0, 0.1) is 0 Å². The van der Waals surface area contributed by atoms with Gasteiger partial charge in [0.1, 0.15) is 0 Å². The summed E-state index contributed by atoms with van der Waals surface area (Å²) in [4.78, 5) is 4.57. The first kappa shape index (κ1) is 16.2. The number of pyridine rings is 1. The number of hydrogen-bond donors (Lipinski definition) is 0. The molecule has 0 amide bonds. The summed E-state index contributed by atoms with van der Waals surface area (Å²) in [5.41, 5.74) is 3.67. The molecule has 3 aromatic rings. The molecule has 114 valence electrons. The van der Waals surface area contributed by atoms with Crippen molar-refractivity contribution in [2.45, 2.75) is 39.5 Å². The lowest BCUT2D eigenvalue weighted by Crippen LogP contribution is -1.91. The molecule has 1 nitrogen and oxygen atoms in total. The summed E-state index contributed by atoms with van der Waals surface area (Å²) in [7, 11) is 0. The minimum absolute atomic E-state index is 0.504. The maximum Gasteiger partial charge on any atom is 0.0705 e. The third-order valence-corrected chi connectivity index (χ3v) is 3.68. The van der Waals surface area contributed by atoms with Gasteiger partial charge in [-0.1, -0.05) is 82.3 Å². The molecule has 0 aliphatic carbocycles. The first-order chi connectivity index (χ1) is 10.6. The number of nitrogens with zero attached hydrogens (tertiary/aromatic N) is 1. The van der Waals surface area contributed by atoms with Gasteiger partial charge in [0.05, 0.1) is 5.52 Å². The largest absolute Gasteiger partial charge is 0.253 e. The van der Waals surface area contributed by atoms with Gasteiger partial charge in [0.15, 0.2) is 0 Å². The lowest BCUT2D eigenvalue weighted by atomic mass is 10.0. The van der Waals surface area contributed by atoms with Crippen molar-refractivity contribution in [2.24, 2.45) is 0 Å². The summed E-state index contributed by atoms with van der Waals surface area (Å²) >= 11 is 0. The van der Waals surface area contributed by atoms with Crippen LogP contribution in [0.3, 0.4) is 0 Å². The predicted octanol–water partition coefficient (Wildman–Crippen LogP) is 6.17. The Morgan fingerprint density at radius 2 is 1.27 bits per heavy atom. The van der Waals surface area contributed by atoms with Crippen molar-refractivity contribution in [3.63, 3.8) is 0 Å². The molecule has 1 heteroatoms. The van der Waals surface area contributed by atoms with E-state index < -0.39 is 0 Å². The zero-order chi connectivity index (χ0) is 15.9. The van der Waals surface area contributed by atoms with Gasteiger partial charge in [0.25, 0.3) is 0 Å². The van der Waals surface area contributed by atoms with Crippen LogP contribution in [-0.4, -0.2) is 4.98 Å². The molecule has 0 unspecified atom stereocenters. The molecule has 0 N–H and O–H groups in total. The summed E-state index contributed by atoms with van der Waals surface area (Å²) in [6.07, 6.45) is 0. The molecule has 0 saturated heterocycles. The molecule has 1 aromatic heterocycles. The van der Waals surface area contributed by atoms with Crippen LogP contribution in [0.1, 0.15) is 50.8 Å². The quantitative estimate of drug-likeness (QED) is 0.550. The minimum Gasteiger partial charge on any atom is -0.253 e. The van der Waals surface area contributed by atoms with E-state index in [1.807, 2.05) is 18.2 Å². The van der Waals surface area contributed by atoms with Crippen molar-refractivity contribution in [1.29, 1.82) is 0 Å². The molecule has 0 aliphatic rings. The highest BCUT2D eigenvalue weighted by Crippen LogP contribution is 2.16.